The first-order valence-corrected chi connectivity index (χ1v) is 6.22. The van der Waals surface area contributed by atoms with E-state index in [0.717, 1.165) is 6.54 Å². The maximum Gasteiger partial charge on any atom is 0.323 e. The van der Waals surface area contributed by atoms with Crippen molar-refractivity contribution in [1.29, 1.82) is 0 Å². The quantitative estimate of drug-likeness (QED) is 0.784. The van der Waals surface area contributed by atoms with E-state index in [1.54, 1.807) is 25.1 Å². The molecule has 5 heteroatoms. The Morgan fingerprint density at radius 1 is 1.42 bits per heavy atom. The Kier molecular flexibility index (Phi) is 5.44. The van der Waals surface area contributed by atoms with E-state index < -0.39 is 11.5 Å². The standard InChI is InChI=1S/C14H21FN2O2/c1-14(13(18)19,16-8-9-17(2)3)10-11-6-4-5-7-12(11)15/h4-7,16H,8-10H2,1-3H3,(H,18,19). The number of nitrogens with zero attached hydrogens (tertiary/aromatic N) is 1. The molecule has 1 rings (SSSR count). The van der Waals surface area contributed by atoms with Gasteiger partial charge in [0.2, 0.25) is 0 Å². The Morgan fingerprint density at radius 3 is 2.58 bits per heavy atom. The van der Waals surface area contributed by atoms with Gasteiger partial charge in [-0.3, -0.25) is 4.79 Å². The minimum absolute atomic E-state index is 0.114. The second-order valence-corrected chi connectivity index (χ2v) is 5.14. The van der Waals surface area contributed by atoms with Gasteiger partial charge >= 0.3 is 5.97 Å². The Morgan fingerprint density at radius 2 is 2.05 bits per heavy atom. The van der Waals surface area contributed by atoms with Gasteiger partial charge in [-0.15, -0.1) is 0 Å². The maximum atomic E-state index is 13.6. The number of aliphatic carboxylic acids is 1. The molecule has 1 atom stereocenters. The highest BCUT2D eigenvalue weighted by Crippen LogP contribution is 2.16. The Balaban J connectivity index is 2.77. The number of hydrogen-bond donors (Lipinski definition) is 2. The Bertz CT molecular complexity index is 437. The summed E-state index contributed by atoms with van der Waals surface area (Å²) in [6, 6.07) is 6.26. The van der Waals surface area contributed by atoms with Crippen molar-refractivity contribution in [3.63, 3.8) is 0 Å². The van der Waals surface area contributed by atoms with Gasteiger partial charge < -0.3 is 15.3 Å². The van der Waals surface area contributed by atoms with Crippen LogP contribution in [0.3, 0.4) is 0 Å². The number of hydrogen-bond acceptors (Lipinski definition) is 3. The summed E-state index contributed by atoms with van der Waals surface area (Å²) in [4.78, 5) is 13.4. The summed E-state index contributed by atoms with van der Waals surface area (Å²) in [5.41, 5.74) is -0.761. The number of benzene rings is 1. The first-order chi connectivity index (χ1) is 8.85. The SMILES string of the molecule is CN(C)CCNC(C)(Cc1ccccc1F)C(=O)O. The van der Waals surface area contributed by atoms with Gasteiger partial charge in [0.25, 0.3) is 0 Å². The van der Waals surface area contributed by atoms with Gasteiger partial charge in [0.1, 0.15) is 11.4 Å². The zero-order valence-electron chi connectivity index (χ0n) is 11.6. The number of likely N-dealkylation sites (N-methyl/N-ethyl adjacent to an activating group) is 1. The Labute approximate surface area is 113 Å². The molecule has 1 aromatic rings. The lowest BCUT2D eigenvalue weighted by molar-refractivity contribution is -0.144. The first-order valence-electron chi connectivity index (χ1n) is 6.22. The van der Waals surface area contributed by atoms with E-state index in [4.69, 9.17) is 0 Å². The first kappa shape index (κ1) is 15.6. The molecule has 0 fully saturated rings. The number of carboxylic acid groups (broad SMARTS) is 1. The van der Waals surface area contributed by atoms with Crippen LogP contribution in [0.4, 0.5) is 4.39 Å². The number of carboxylic acids is 1. The molecule has 0 aliphatic carbocycles. The third kappa shape index (κ3) is 4.61. The van der Waals surface area contributed by atoms with E-state index in [0.29, 0.717) is 12.1 Å². The summed E-state index contributed by atoms with van der Waals surface area (Å²) < 4.78 is 13.6. The summed E-state index contributed by atoms with van der Waals surface area (Å²) in [6.45, 7) is 2.84. The molecule has 0 saturated heterocycles. The molecule has 0 spiro atoms. The van der Waals surface area contributed by atoms with Crippen molar-refractivity contribution < 1.29 is 14.3 Å². The van der Waals surface area contributed by atoms with Crippen LogP contribution < -0.4 is 5.32 Å². The molecule has 0 aromatic heterocycles. The lowest BCUT2D eigenvalue weighted by Crippen LogP contribution is -2.53. The summed E-state index contributed by atoms with van der Waals surface area (Å²) in [5, 5.41) is 12.3. The molecule has 0 saturated carbocycles. The highest BCUT2D eigenvalue weighted by atomic mass is 19.1. The van der Waals surface area contributed by atoms with Gasteiger partial charge in [0, 0.05) is 19.5 Å². The predicted molar refractivity (Wildman–Crippen MR) is 72.7 cm³/mol. The van der Waals surface area contributed by atoms with Crippen molar-refractivity contribution in [2.75, 3.05) is 27.2 Å². The van der Waals surface area contributed by atoms with E-state index in [-0.39, 0.29) is 12.2 Å². The van der Waals surface area contributed by atoms with E-state index >= 15 is 0 Å². The molecule has 19 heavy (non-hydrogen) atoms. The smallest absolute Gasteiger partial charge is 0.323 e. The molecular formula is C14H21FN2O2. The average molecular weight is 268 g/mol. The van der Waals surface area contributed by atoms with E-state index in [9.17, 15) is 14.3 Å². The molecule has 0 radical (unpaired) electrons. The zero-order chi connectivity index (χ0) is 14.5. The van der Waals surface area contributed by atoms with Gasteiger partial charge in [0.15, 0.2) is 0 Å². The molecule has 0 aliphatic rings. The highest BCUT2D eigenvalue weighted by molar-refractivity contribution is 5.78. The monoisotopic (exact) mass is 268 g/mol. The van der Waals surface area contributed by atoms with E-state index in [1.807, 2.05) is 19.0 Å². The van der Waals surface area contributed by atoms with Crippen LogP contribution in [0, 0.1) is 5.82 Å². The van der Waals surface area contributed by atoms with Crippen LogP contribution in [0.25, 0.3) is 0 Å². The van der Waals surface area contributed by atoms with Crippen molar-refractivity contribution in [3.8, 4) is 0 Å². The van der Waals surface area contributed by atoms with Crippen LogP contribution in [0.1, 0.15) is 12.5 Å². The molecule has 0 amide bonds. The predicted octanol–water partition coefficient (Wildman–Crippen LogP) is 1.36. The Hall–Kier alpha value is -1.46. The van der Waals surface area contributed by atoms with Crippen molar-refractivity contribution in [2.24, 2.45) is 0 Å². The molecular weight excluding hydrogens is 247 g/mol. The summed E-state index contributed by atoms with van der Waals surface area (Å²) >= 11 is 0. The van der Waals surface area contributed by atoms with Crippen LogP contribution in [0.2, 0.25) is 0 Å². The van der Waals surface area contributed by atoms with Crippen molar-refractivity contribution >= 4 is 5.97 Å². The summed E-state index contributed by atoms with van der Waals surface area (Å²) in [6.07, 6.45) is 0.114. The topological polar surface area (TPSA) is 52.6 Å². The molecule has 4 nitrogen and oxygen atoms in total. The molecule has 2 N–H and O–H groups in total. The number of halogens is 1. The van der Waals surface area contributed by atoms with Crippen LogP contribution in [-0.4, -0.2) is 48.7 Å². The second kappa shape index (κ2) is 6.63. The molecule has 1 aromatic carbocycles. The number of carbonyl (C=O) groups is 1. The lowest BCUT2D eigenvalue weighted by atomic mass is 9.92. The minimum atomic E-state index is -1.17. The van der Waals surface area contributed by atoms with E-state index in [2.05, 4.69) is 5.32 Å². The van der Waals surface area contributed by atoms with E-state index in [1.165, 1.54) is 6.07 Å². The molecule has 106 valence electrons. The molecule has 0 aliphatic heterocycles. The maximum absolute atomic E-state index is 13.6. The van der Waals surface area contributed by atoms with Crippen molar-refractivity contribution in [1.82, 2.24) is 10.2 Å². The third-order valence-electron chi connectivity index (χ3n) is 3.05. The molecule has 1 unspecified atom stereocenters. The molecule has 0 bridgehead atoms. The van der Waals surface area contributed by atoms with Crippen molar-refractivity contribution in [3.05, 3.63) is 35.6 Å². The number of rotatable bonds is 7. The second-order valence-electron chi connectivity index (χ2n) is 5.14. The molecule has 0 heterocycles. The van der Waals surface area contributed by atoms with Crippen LogP contribution in [0.15, 0.2) is 24.3 Å². The summed E-state index contributed by atoms with van der Waals surface area (Å²) in [5.74, 6) is -1.35. The van der Waals surface area contributed by atoms with Crippen LogP contribution in [0.5, 0.6) is 0 Å². The van der Waals surface area contributed by atoms with Crippen LogP contribution in [-0.2, 0) is 11.2 Å². The lowest BCUT2D eigenvalue weighted by Gasteiger charge is -2.27. The largest absolute Gasteiger partial charge is 0.480 e. The van der Waals surface area contributed by atoms with Gasteiger partial charge in [-0.1, -0.05) is 18.2 Å². The minimum Gasteiger partial charge on any atom is -0.480 e. The van der Waals surface area contributed by atoms with Gasteiger partial charge in [-0.25, -0.2) is 4.39 Å². The number of nitrogens with one attached hydrogen (secondary N) is 1. The third-order valence-corrected chi connectivity index (χ3v) is 3.05. The zero-order valence-corrected chi connectivity index (χ0v) is 11.6. The fourth-order valence-electron chi connectivity index (χ4n) is 1.79. The van der Waals surface area contributed by atoms with Gasteiger partial charge in [-0.05, 0) is 32.6 Å². The van der Waals surface area contributed by atoms with Crippen LogP contribution >= 0.6 is 0 Å². The fourth-order valence-corrected chi connectivity index (χ4v) is 1.79. The normalized spacial score (nSPS) is 14.4. The van der Waals surface area contributed by atoms with Crippen molar-refractivity contribution in [2.45, 2.75) is 18.9 Å². The highest BCUT2D eigenvalue weighted by Gasteiger charge is 2.33. The van der Waals surface area contributed by atoms with Gasteiger partial charge in [-0.2, -0.15) is 0 Å². The average Bonchev–Trinajstić information content (AvgIpc) is 2.31. The summed E-state index contributed by atoms with van der Waals surface area (Å²) in [7, 11) is 3.83. The fraction of sp³-hybridized carbons (Fsp3) is 0.500. The van der Waals surface area contributed by atoms with Gasteiger partial charge in [0.05, 0.1) is 0 Å².